The number of amides is 2. The van der Waals surface area contributed by atoms with Crippen LogP contribution in [-0.2, 0) is 4.79 Å². The zero-order chi connectivity index (χ0) is 12.4. The average Bonchev–Trinajstić information content (AvgIpc) is 2.58. The third-order valence-electron chi connectivity index (χ3n) is 2.12. The summed E-state index contributed by atoms with van der Waals surface area (Å²) in [6, 6.07) is 5.42. The number of imide groups is 1. The molecule has 1 aliphatic heterocycles. The van der Waals surface area contributed by atoms with Crippen LogP contribution in [0, 0.1) is 0 Å². The molecule has 0 atom stereocenters. The Hall–Kier alpha value is -1.27. The highest BCUT2D eigenvalue weighted by Crippen LogP contribution is 2.29. The fourth-order valence-corrected chi connectivity index (χ4v) is 2.59. The minimum atomic E-state index is -0.355. The molecular weight excluding hydrogens is 306 g/mol. The molecule has 1 aromatic carbocycles. The van der Waals surface area contributed by atoms with Crippen molar-refractivity contribution in [3.05, 3.63) is 33.1 Å². The summed E-state index contributed by atoms with van der Waals surface area (Å²) in [5.41, 5.74) is 0.824. The van der Waals surface area contributed by atoms with E-state index >= 15 is 0 Å². The molecule has 1 fully saturated rings. The lowest BCUT2D eigenvalue weighted by atomic mass is 10.2. The van der Waals surface area contributed by atoms with Crippen molar-refractivity contribution in [2.45, 2.75) is 0 Å². The Morgan fingerprint density at radius 3 is 2.71 bits per heavy atom. The Balaban J connectivity index is 2.30. The van der Waals surface area contributed by atoms with E-state index in [4.69, 9.17) is 4.74 Å². The number of methoxy groups -OCH3 is 1. The molecule has 17 heavy (non-hydrogen) atoms. The summed E-state index contributed by atoms with van der Waals surface area (Å²) in [4.78, 5) is 22.7. The van der Waals surface area contributed by atoms with Crippen molar-refractivity contribution < 1.29 is 14.3 Å². The van der Waals surface area contributed by atoms with Gasteiger partial charge < -0.3 is 4.74 Å². The van der Waals surface area contributed by atoms with Gasteiger partial charge in [-0.3, -0.25) is 14.9 Å². The van der Waals surface area contributed by atoms with Crippen molar-refractivity contribution in [2.24, 2.45) is 0 Å². The van der Waals surface area contributed by atoms with E-state index in [9.17, 15) is 9.59 Å². The van der Waals surface area contributed by atoms with Crippen molar-refractivity contribution in [2.75, 3.05) is 7.11 Å². The van der Waals surface area contributed by atoms with Crippen molar-refractivity contribution in [1.29, 1.82) is 0 Å². The molecule has 1 saturated heterocycles. The van der Waals surface area contributed by atoms with Gasteiger partial charge in [-0.1, -0.05) is 6.07 Å². The quantitative estimate of drug-likeness (QED) is 0.853. The van der Waals surface area contributed by atoms with E-state index in [1.807, 2.05) is 12.1 Å². The third-order valence-corrected chi connectivity index (χ3v) is 3.55. The van der Waals surface area contributed by atoms with Crippen molar-refractivity contribution >= 4 is 44.9 Å². The number of carbonyl (C=O) groups excluding carboxylic acids is 2. The standard InChI is InChI=1S/C11H8BrNO3S/c1-16-8-3-2-6(4-7(8)12)5-9-10(14)13-11(15)17-9/h2-5H,1H3,(H,13,14,15)/b9-5-. The number of halogens is 1. The zero-order valence-electron chi connectivity index (χ0n) is 8.82. The first-order valence-electron chi connectivity index (χ1n) is 4.68. The van der Waals surface area contributed by atoms with Crippen LogP contribution in [0.2, 0.25) is 0 Å². The molecule has 6 heteroatoms. The summed E-state index contributed by atoms with van der Waals surface area (Å²) in [5.74, 6) is 0.360. The van der Waals surface area contributed by atoms with Crippen molar-refractivity contribution in [1.82, 2.24) is 5.32 Å². The Morgan fingerprint density at radius 2 is 2.18 bits per heavy atom. The SMILES string of the molecule is COc1ccc(/C=C2\SC(=O)NC2=O)cc1Br. The van der Waals surface area contributed by atoms with Gasteiger partial charge in [-0.25, -0.2) is 0 Å². The normalized spacial score (nSPS) is 17.4. The maximum atomic E-state index is 11.3. The van der Waals surface area contributed by atoms with Crippen molar-refractivity contribution in [3.63, 3.8) is 0 Å². The van der Waals surface area contributed by atoms with Gasteiger partial charge in [0.05, 0.1) is 16.5 Å². The minimum Gasteiger partial charge on any atom is -0.496 e. The van der Waals surface area contributed by atoms with Gasteiger partial charge in [0.15, 0.2) is 0 Å². The van der Waals surface area contributed by atoms with Gasteiger partial charge >= 0.3 is 0 Å². The van der Waals surface area contributed by atoms with Gasteiger partial charge in [0, 0.05) is 0 Å². The second-order valence-electron chi connectivity index (χ2n) is 3.25. The molecule has 1 aromatic rings. The lowest BCUT2D eigenvalue weighted by Crippen LogP contribution is -2.17. The molecule has 88 valence electrons. The monoisotopic (exact) mass is 313 g/mol. The third kappa shape index (κ3) is 2.70. The van der Waals surface area contributed by atoms with Crippen LogP contribution in [0.15, 0.2) is 27.6 Å². The van der Waals surface area contributed by atoms with Gasteiger partial charge in [0.25, 0.3) is 11.1 Å². The first kappa shape index (κ1) is 12.2. The Labute approximate surface area is 111 Å². The lowest BCUT2D eigenvalue weighted by molar-refractivity contribution is -0.115. The molecule has 0 aliphatic carbocycles. The number of hydrogen-bond acceptors (Lipinski definition) is 4. The largest absolute Gasteiger partial charge is 0.496 e. The first-order chi connectivity index (χ1) is 8.10. The summed E-state index contributed by atoms with van der Waals surface area (Å²) in [5, 5.41) is 1.87. The molecule has 0 saturated carbocycles. The number of ether oxygens (including phenoxy) is 1. The number of benzene rings is 1. The number of hydrogen-bond donors (Lipinski definition) is 1. The molecular formula is C11H8BrNO3S. The van der Waals surface area contributed by atoms with Crippen LogP contribution in [0.5, 0.6) is 5.75 Å². The second kappa shape index (κ2) is 4.93. The maximum Gasteiger partial charge on any atom is 0.290 e. The number of thioether (sulfide) groups is 1. The predicted octanol–water partition coefficient (Wildman–Crippen LogP) is 2.78. The van der Waals surface area contributed by atoms with Crippen LogP contribution < -0.4 is 10.1 Å². The van der Waals surface area contributed by atoms with Gasteiger partial charge in [-0.05, 0) is 51.5 Å². The molecule has 1 heterocycles. The van der Waals surface area contributed by atoms with Crippen LogP contribution in [0.1, 0.15) is 5.56 Å². The molecule has 0 bridgehead atoms. The highest BCUT2D eigenvalue weighted by molar-refractivity contribution is 9.10. The lowest BCUT2D eigenvalue weighted by Gasteiger charge is -2.03. The number of carbonyl (C=O) groups is 2. The van der Waals surface area contributed by atoms with Gasteiger partial charge in [-0.2, -0.15) is 0 Å². The van der Waals surface area contributed by atoms with E-state index in [0.29, 0.717) is 10.7 Å². The molecule has 4 nitrogen and oxygen atoms in total. The van der Waals surface area contributed by atoms with E-state index in [1.54, 1.807) is 19.3 Å². The van der Waals surface area contributed by atoms with Crippen molar-refractivity contribution in [3.8, 4) is 5.75 Å². The van der Waals surface area contributed by atoms with Gasteiger partial charge in [-0.15, -0.1) is 0 Å². The summed E-state index contributed by atoms with van der Waals surface area (Å²) in [6.07, 6.45) is 1.66. The highest BCUT2D eigenvalue weighted by Gasteiger charge is 2.24. The average molecular weight is 314 g/mol. The topological polar surface area (TPSA) is 55.4 Å². The Kier molecular flexibility index (Phi) is 3.54. The smallest absolute Gasteiger partial charge is 0.290 e. The summed E-state index contributed by atoms with van der Waals surface area (Å²) < 4.78 is 5.90. The zero-order valence-corrected chi connectivity index (χ0v) is 11.2. The molecule has 1 aliphatic rings. The first-order valence-corrected chi connectivity index (χ1v) is 6.29. The maximum absolute atomic E-state index is 11.3. The van der Waals surface area contributed by atoms with Crippen LogP contribution in [0.3, 0.4) is 0 Å². The van der Waals surface area contributed by atoms with Crippen LogP contribution in [0.25, 0.3) is 6.08 Å². The van der Waals surface area contributed by atoms with Crippen LogP contribution >= 0.6 is 27.7 Å². The Bertz CT molecular complexity index is 527. The van der Waals surface area contributed by atoms with Crippen LogP contribution in [-0.4, -0.2) is 18.3 Å². The second-order valence-corrected chi connectivity index (χ2v) is 5.12. The summed E-state index contributed by atoms with van der Waals surface area (Å²) in [7, 11) is 1.58. The molecule has 1 N–H and O–H groups in total. The number of nitrogens with one attached hydrogen (secondary N) is 1. The van der Waals surface area contributed by atoms with E-state index < -0.39 is 0 Å². The Morgan fingerprint density at radius 1 is 1.41 bits per heavy atom. The van der Waals surface area contributed by atoms with Gasteiger partial charge in [0.1, 0.15) is 5.75 Å². The summed E-state index contributed by atoms with van der Waals surface area (Å²) in [6.45, 7) is 0. The van der Waals surface area contributed by atoms with E-state index in [2.05, 4.69) is 21.2 Å². The molecule has 2 rings (SSSR count). The van der Waals surface area contributed by atoms with Crippen LogP contribution in [0.4, 0.5) is 4.79 Å². The molecule has 0 radical (unpaired) electrons. The van der Waals surface area contributed by atoms with E-state index in [1.165, 1.54) is 0 Å². The highest BCUT2D eigenvalue weighted by atomic mass is 79.9. The fourth-order valence-electron chi connectivity index (χ4n) is 1.34. The molecule has 0 unspecified atom stereocenters. The number of rotatable bonds is 2. The van der Waals surface area contributed by atoms with Gasteiger partial charge in [0.2, 0.25) is 0 Å². The predicted molar refractivity (Wildman–Crippen MR) is 69.8 cm³/mol. The minimum absolute atomic E-state index is 0.339. The molecule has 0 spiro atoms. The molecule has 2 amide bonds. The van der Waals surface area contributed by atoms with E-state index in [-0.39, 0.29) is 11.1 Å². The summed E-state index contributed by atoms with van der Waals surface area (Å²) >= 11 is 4.25. The van der Waals surface area contributed by atoms with E-state index in [0.717, 1.165) is 21.8 Å². The molecule has 0 aromatic heterocycles. The fraction of sp³-hybridized carbons (Fsp3) is 0.0909.